The molecule has 1 unspecified atom stereocenters. The average molecular weight is 211 g/mol. The van der Waals surface area contributed by atoms with Gasteiger partial charge in [0.05, 0.1) is 12.7 Å². The summed E-state index contributed by atoms with van der Waals surface area (Å²) in [5.74, 6) is -0.125. The smallest absolute Gasteiger partial charge is 0.342 e. The molecule has 1 saturated carbocycles. The van der Waals surface area contributed by atoms with Gasteiger partial charge in [-0.1, -0.05) is 18.9 Å². The van der Waals surface area contributed by atoms with Crippen molar-refractivity contribution in [1.29, 1.82) is 0 Å². The van der Waals surface area contributed by atoms with E-state index in [1.165, 1.54) is 6.07 Å². The molecule has 2 N–H and O–H groups in total. The molecule has 1 aliphatic carbocycles. The van der Waals surface area contributed by atoms with Crippen molar-refractivity contribution in [3.8, 4) is 0 Å². The van der Waals surface area contributed by atoms with E-state index in [9.17, 15) is 15.2 Å². The fraction of sp³-hybridized carbons (Fsp3) is 0.667. The Balaban J connectivity index is 2.34. The van der Waals surface area contributed by atoms with Crippen molar-refractivity contribution in [1.82, 2.24) is 10.2 Å². The average Bonchev–Trinajstić information content (AvgIpc) is 2.59. The first-order valence-electron chi connectivity index (χ1n) is 4.74. The first-order chi connectivity index (χ1) is 6.93. The predicted molar refractivity (Wildman–Crippen MR) is 52.4 cm³/mol. The molecule has 0 amide bonds. The Bertz CT molecular complexity index is 412. The summed E-state index contributed by atoms with van der Waals surface area (Å²) in [6.07, 6.45) is 0.804. The lowest BCUT2D eigenvalue weighted by Crippen LogP contribution is -2.19. The maximum atomic E-state index is 10.5. The first-order valence-corrected chi connectivity index (χ1v) is 4.74. The normalized spacial score (nSPS) is 27.7. The van der Waals surface area contributed by atoms with E-state index in [1.807, 2.05) is 13.8 Å². The molecule has 6 nitrogen and oxygen atoms in total. The van der Waals surface area contributed by atoms with Gasteiger partial charge >= 0.3 is 5.82 Å². The van der Waals surface area contributed by atoms with Gasteiger partial charge < -0.3 is 15.2 Å². The molecule has 0 aliphatic heterocycles. The Morgan fingerprint density at radius 3 is 2.67 bits per heavy atom. The van der Waals surface area contributed by atoms with E-state index in [4.69, 9.17) is 0 Å². The summed E-state index contributed by atoms with van der Waals surface area (Å²) in [5.41, 5.74) is 0.143. The molecule has 1 fully saturated rings. The molecule has 0 spiro atoms. The second-order valence-electron chi connectivity index (χ2n) is 4.70. The van der Waals surface area contributed by atoms with E-state index in [-0.39, 0.29) is 17.8 Å². The molecule has 15 heavy (non-hydrogen) atoms. The second-order valence-corrected chi connectivity index (χ2v) is 4.70. The second kappa shape index (κ2) is 2.79. The molecule has 6 heteroatoms. The van der Waals surface area contributed by atoms with E-state index in [2.05, 4.69) is 10.2 Å². The summed E-state index contributed by atoms with van der Waals surface area (Å²) in [7, 11) is 0. The summed E-state index contributed by atoms with van der Waals surface area (Å²) in [4.78, 5) is 9.97. The lowest BCUT2D eigenvalue weighted by atomic mass is 9.93. The van der Waals surface area contributed by atoms with E-state index < -0.39 is 10.3 Å². The van der Waals surface area contributed by atoms with Crippen LogP contribution in [0.15, 0.2) is 6.07 Å². The van der Waals surface area contributed by atoms with Gasteiger partial charge in [-0.05, 0) is 16.8 Å². The zero-order valence-corrected chi connectivity index (χ0v) is 8.65. The van der Waals surface area contributed by atoms with E-state index in [0.717, 1.165) is 6.42 Å². The molecular formula is C9H13N3O3. The Morgan fingerprint density at radius 1 is 1.73 bits per heavy atom. The first kappa shape index (κ1) is 10.1. The number of aromatic nitrogens is 2. The number of aliphatic hydroxyl groups is 1. The number of nitrogens with one attached hydrogen (secondary N) is 1. The van der Waals surface area contributed by atoms with E-state index in [1.54, 1.807) is 0 Å². The number of aliphatic hydroxyl groups excluding tert-OH is 1. The van der Waals surface area contributed by atoms with Crippen LogP contribution in [-0.2, 0) is 5.41 Å². The van der Waals surface area contributed by atoms with Gasteiger partial charge in [-0.3, -0.25) is 0 Å². The maximum Gasteiger partial charge on any atom is 0.342 e. The minimum absolute atomic E-state index is 0.0258. The van der Waals surface area contributed by atoms with Crippen molar-refractivity contribution in [2.45, 2.75) is 25.7 Å². The molecule has 1 atom stereocenters. The highest BCUT2D eigenvalue weighted by Gasteiger charge is 2.63. The zero-order valence-electron chi connectivity index (χ0n) is 8.65. The van der Waals surface area contributed by atoms with Crippen LogP contribution in [0, 0.1) is 15.5 Å². The van der Waals surface area contributed by atoms with E-state index in [0.29, 0.717) is 5.69 Å². The van der Waals surface area contributed by atoms with Crippen molar-refractivity contribution in [3.05, 3.63) is 21.9 Å². The SMILES string of the molecule is CC1(C)CC1(CO)c1cc([N+](=O)[O-])[nH]n1. The highest BCUT2D eigenvalue weighted by atomic mass is 16.6. The minimum Gasteiger partial charge on any atom is -0.395 e. The van der Waals surface area contributed by atoms with Crippen LogP contribution in [0.4, 0.5) is 5.82 Å². The van der Waals surface area contributed by atoms with Crippen LogP contribution < -0.4 is 0 Å². The number of hydrogen-bond donors (Lipinski definition) is 2. The Hall–Kier alpha value is -1.43. The Kier molecular flexibility index (Phi) is 1.88. The molecule has 1 aromatic heterocycles. The van der Waals surface area contributed by atoms with Crippen molar-refractivity contribution in [2.75, 3.05) is 6.61 Å². The summed E-state index contributed by atoms with van der Waals surface area (Å²) in [6.45, 7) is 4.01. The van der Waals surface area contributed by atoms with E-state index >= 15 is 0 Å². The van der Waals surface area contributed by atoms with Gasteiger partial charge in [-0.25, -0.2) is 0 Å². The molecule has 82 valence electrons. The van der Waals surface area contributed by atoms with Gasteiger partial charge in [0, 0.05) is 5.41 Å². The summed E-state index contributed by atoms with van der Waals surface area (Å²) >= 11 is 0. The van der Waals surface area contributed by atoms with Gasteiger partial charge in [-0.2, -0.15) is 0 Å². The lowest BCUT2D eigenvalue weighted by Gasteiger charge is -2.13. The highest BCUT2D eigenvalue weighted by molar-refractivity contribution is 5.36. The third-order valence-corrected chi connectivity index (χ3v) is 3.44. The molecule has 2 rings (SSSR count). The van der Waals surface area contributed by atoms with Crippen molar-refractivity contribution >= 4 is 5.82 Å². The number of rotatable bonds is 3. The summed E-state index contributed by atoms with van der Waals surface area (Å²) in [5, 5.41) is 26.1. The quantitative estimate of drug-likeness (QED) is 0.575. The molecule has 0 saturated heterocycles. The molecule has 0 bridgehead atoms. The van der Waals surface area contributed by atoms with Gasteiger partial charge in [-0.15, -0.1) is 5.10 Å². The van der Waals surface area contributed by atoms with Crippen LogP contribution in [0.5, 0.6) is 0 Å². The molecular weight excluding hydrogens is 198 g/mol. The van der Waals surface area contributed by atoms with Crippen LogP contribution in [0.25, 0.3) is 0 Å². The topological polar surface area (TPSA) is 92.0 Å². The summed E-state index contributed by atoms with van der Waals surface area (Å²) < 4.78 is 0. The van der Waals surface area contributed by atoms with Crippen LogP contribution in [0.3, 0.4) is 0 Å². The van der Waals surface area contributed by atoms with Crippen LogP contribution in [-0.4, -0.2) is 26.8 Å². The molecule has 0 radical (unpaired) electrons. The predicted octanol–water partition coefficient (Wildman–Crippen LogP) is 0.978. The van der Waals surface area contributed by atoms with Gasteiger partial charge in [0.25, 0.3) is 0 Å². The minimum atomic E-state index is -0.517. The Labute approximate surface area is 86.5 Å². The van der Waals surface area contributed by atoms with Crippen molar-refractivity contribution in [3.63, 3.8) is 0 Å². The number of aromatic amines is 1. The standard InChI is InChI=1S/C9H13N3O3/c1-8(2)4-9(8,5-13)6-3-7(11-10-6)12(14)15/h3,13H,4-5H2,1-2H3,(H,10,11). The van der Waals surface area contributed by atoms with Crippen molar-refractivity contribution < 1.29 is 10.0 Å². The Morgan fingerprint density at radius 2 is 2.33 bits per heavy atom. The molecule has 1 aromatic rings. The van der Waals surface area contributed by atoms with Crippen LogP contribution >= 0.6 is 0 Å². The van der Waals surface area contributed by atoms with Gasteiger partial charge in [0.15, 0.2) is 0 Å². The van der Waals surface area contributed by atoms with Crippen LogP contribution in [0.1, 0.15) is 26.0 Å². The third-order valence-electron chi connectivity index (χ3n) is 3.44. The lowest BCUT2D eigenvalue weighted by molar-refractivity contribution is -0.389. The number of nitrogens with zero attached hydrogens (tertiary/aromatic N) is 2. The van der Waals surface area contributed by atoms with Gasteiger partial charge in [0.2, 0.25) is 0 Å². The zero-order chi connectivity index (χ0) is 11.3. The molecule has 1 heterocycles. The number of hydrogen-bond acceptors (Lipinski definition) is 4. The van der Waals surface area contributed by atoms with Gasteiger partial charge in [0.1, 0.15) is 5.69 Å². The number of H-pyrrole nitrogens is 1. The van der Waals surface area contributed by atoms with Crippen molar-refractivity contribution in [2.24, 2.45) is 5.41 Å². The molecule has 1 aliphatic rings. The fourth-order valence-corrected chi connectivity index (χ4v) is 2.15. The monoisotopic (exact) mass is 211 g/mol. The highest BCUT2D eigenvalue weighted by Crippen LogP contribution is 2.63. The number of nitro groups is 1. The third kappa shape index (κ3) is 1.25. The molecule has 0 aromatic carbocycles. The fourth-order valence-electron chi connectivity index (χ4n) is 2.15. The summed E-state index contributed by atoms with van der Waals surface area (Å²) in [6, 6.07) is 1.41. The van der Waals surface area contributed by atoms with Crippen LogP contribution in [0.2, 0.25) is 0 Å². The largest absolute Gasteiger partial charge is 0.395 e. The maximum absolute atomic E-state index is 10.5.